The standard InChI is InChI=1S/C16H21N3O3S/c1-19(2,3)13(15(20)21)9-12-14(18-10-17-12)23-16(22)11-7-5-4-6-8-11/h5,7-8,10,13H,4,6,9H2,1-3H3,(H-,17,18,20,21)/p+1. The highest BCUT2D eigenvalue weighted by atomic mass is 32.2. The van der Waals surface area contributed by atoms with Crippen molar-refractivity contribution in [3.8, 4) is 0 Å². The summed E-state index contributed by atoms with van der Waals surface area (Å²) < 4.78 is 0.292. The summed E-state index contributed by atoms with van der Waals surface area (Å²) in [4.78, 5) is 31.0. The van der Waals surface area contributed by atoms with Crippen LogP contribution in [0.1, 0.15) is 18.5 Å². The van der Waals surface area contributed by atoms with Gasteiger partial charge in [0.25, 0.3) is 0 Å². The van der Waals surface area contributed by atoms with Gasteiger partial charge in [-0.25, -0.2) is 9.78 Å². The number of thioether (sulfide) groups is 1. The zero-order chi connectivity index (χ0) is 17.0. The molecule has 0 aliphatic heterocycles. The molecular formula is C16H22N3O3S+. The lowest BCUT2D eigenvalue weighted by atomic mass is 10.1. The molecular weight excluding hydrogens is 314 g/mol. The smallest absolute Gasteiger partial charge is 0.362 e. The number of rotatable bonds is 6. The Morgan fingerprint density at radius 2 is 2.13 bits per heavy atom. The number of hydrogen-bond acceptors (Lipinski definition) is 4. The molecule has 1 atom stereocenters. The molecule has 1 heterocycles. The maximum atomic E-state index is 12.3. The number of carbonyl (C=O) groups excluding carboxylic acids is 1. The van der Waals surface area contributed by atoms with E-state index in [1.807, 2.05) is 39.4 Å². The molecule has 1 unspecified atom stereocenters. The fourth-order valence-corrected chi connectivity index (χ4v) is 3.16. The Kier molecular flexibility index (Phi) is 5.43. The number of allylic oxidation sites excluding steroid dienone is 3. The lowest BCUT2D eigenvalue weighted by Crippen LogP contribution is -2.51. The number of aliphatic carboxylic acids is 1. The number of carbonyl (C=O) groups is 2. The van der Waals surface area contributed by atoms with Crippen LogP contribution in [0.4, 0.5) is 0 Å². The first kappa shape index (κ1) is 17.5. The minimum Gasteiger partial charge on any atom is -0.477 e. The van der Waals surface area contributed by atoms with Crippen molar-refractivity contribution >= 4 is 22.8 Å². The van der Waals surface area contributed by atoms with Crippen molar-refractivity contribution in [3.05, 3.63) is 35.8 Å². The molecule has 23 heavy (non-hydrogen) atoms. The van der Waals surface area contributed by atoms with Crippen molar-refractivity contribution in [2.75, 3.05) is 21.1 Å². The zero-order valence-corrected chi connectivity index (χ0v) is 14.4. The molecule has 1 aromatic heterocycles. The second kappa shape index (κ2) is 7.14. The number of carboxylic acids is 1. The molecule has 1 aliphatic carbocycles. The monoisotopic (exact) mass is 336 g/mol. The molecule has 6 nitrogen and oxygen atoms in total. The van der Waals surface area contributed by atoms with E-state index < -0.39 is 12.0 Å². The number of nitrogens with zero attached hydrogens (tertiary/aromatic N) is 2. The second-order valence-corrected chi connectivity index (χ2v) is 7.35. The number of hydrogen-bond donors (Lipinski definition) is 2. The average molecular weight is 336 g/mol. The molecule has 2 N–H and O–H groups in total. The summed E-state index contributed by atoms with van der Waals surface area (Å²) in [5.74, 6) is -0.868. The van der Waals surface area contributed by atoms with Crippen LogP contribution < -0.4 is 0 Å². The Bertz CT molecular complexity index is 656. The lowest BCUT2D eigenvalue weighted by Gasteiger charge is -2.30. The van der Waals surface area contributed by atoms with Crippen LogP contribution in [0.5, 0.6) is 0 Å². The molecule has 0 saturated heterocycles. The largest absolute Gasteiger partial charge is 0.477 e. The molecule has 0 amide bonds. The van der Waals surface area contributed by atoms with Crippen LogP contribution in [0, 0.1) is 0 Å². The zero-order valence-electron chi connectivity index (χ0n) is 13.6. The third kappa shape index (κ3) is 4.56. The van der Waals surface area contributed by atoms with Gasteiger partial charge in [0.1, 0.15) is 5.03 Å². The molecule has 0 aromatic carbocycles. The maximum absolute atomic E-state index is 12.3. The normalized spacial score (nSPS) is 16.0. The fourth-order valence-electron chi connectivity index (χ4n) is 2.34. The summed E-state index contributed by atoms with van der Waals surface area (Å²) >= 11 is 1.05. The Morgan fingerprint density at radius 1 is 1.39 bits per heavy atom. The first-order chi connectivity index (χ1) is 10.8. The van der Waals surface area contributed by atoms with E-state index in [0.29, 0.717) is 27.2 Å². The van der Waals surface area contributed by atoms with E-state index in [0.717, 1.165) is 24.6 Å². The van der Waals surface area contributed by atoms with E-state index in [1.54, 1.807) is 0 Å². The van der Waals surface area contributed by atoms with Crippen molar-refractivity contribution < 1.29 is 19.2 Å². The number of nitrogens with one attached hydrogen (secondary N) is 1. The summed E-state index contributed by atoms with van der Waals surface area (Å²) in [6, 6.07) is -0.612. The second-order valence-electron chi connectivity index (χ2n) is 6.39. The molecule has 0 bridgehead atoms. The van der Waals surface area contributed by atoms with Gasteiger partial charge in [0.05, 0.1) is 39.6 Å². The quantitative estimate of drug-likeness (QED) is 0.613. The number of likely N-dealkylation sites (N-methyl/N-ethyl adjacent to an activating group) is 1. The van der Waals surface area contributed by atoms with Crippen molar-refractivity contribution in [2.24, 2.45) is 0 Å². The first-order valence-corrected chi connectivity index (χ1v) is 8.25. The molecule has 0 fully saturated rings. The van der Waals surface area contributed by atoms with Gasteiger partial charge in [-0.15, -0.1) is 0 Å². The van der Waals surface area contributed by atoms with Crippen LogP contribution in [0.2, 0.25) is 0 Å². The number of imidazole rings is 1. The number of carboxylic acid groups (broad SMARTS) is 1. The Hall–Kier alpha value is -1.86. The van der Waals surface area contributed by atoms with Gasteiger partial charge < -0.3 is 14.6 Å². The average Bonchev–Trinajstić information content (AvgIpc) is 2.91. The molecule has 1 aliphatic rings. The highest BCUT2D eigenvalue weighted by Crippen LogP contribution is 2.27. The molecule has 0 radical (unpaired) electrons. The highest BCUT2D eigenvalue weighted by molar-refractivity contribution is 8.14. The SMILES string of the molecule is C[N+](C)(C)C(Cc1[nH]cnc1SC(=O)C1=CCCC=C1)C(=O)O. The van der Waals surface area contributed by atoms with Crippen molar-refractivity contribution in [1.82, 2.24) is 9.97 Å². The molecule has 1 aromatic rings. The number of quaternary nitrogens is 1. The van der Waals surface area contributed by atoms with E-state index in [1.165, 1.54) is 6.33 Å². The molecule has 0 spiro atoms. The minimum atomic E-state index is -0.868. The number of aromatic amines is 1. The first-order valence-electron chi connectivity index (χ1n) is 7.44. The van der Waals surface area contributed by atoms with Gasteiger partial charge in [0.2, 0.25) is 5.12 Å². The van der Waals surface area contributed by atoms with E-state index in [-0.39, 0.29) is 5.12 Å². The molecule has 2 rings (SSSR count). The van der Waals surface area contributed by atoms with E-state index >= 15 is 0 Å². The predicted octanol–water partition coefficient (Wildman–Crippen LogP) is 2.01. The van der Waals surface area contributed by atoms with Crippen LogP contribution in [0.15, 0.2) is 35.2 Å². The maximum Gasteiger partial charge on any atom is 0.362 e. The van der Waals surface area contributed by atoms with Gasteiger partial charge in [-0.1, -0.05) is 18.2 Å². The van der Waals surface area contributed by atoms with Crippen LogP contribution in [-0.2, 0) is 16.0 Å². The topological polar surface area (TPSA) is 83.0 Å². The van der Waals surface area contributed by atoms with Crippen LogP contribution in [0.3, 0.4) is 0 Å². The summed E-state index contributed by atoms with van der Waals surface area (Å²) in [6.07, 6.45) is 9.36. The number of H-pyrrole nitrogens is 1. The van der Waals surface area contributed by atoms with Gasteiger partial charge in [-0.3, -0.25) is 4.79 Å². The minimum absolute atomic E-state index is 0.0635. The highest BCUT2D eigenvalue weighted by Gasteiger charge is 2.33. The fraction of sp³-hybridized carbons (Fsp3) is 0.438. The molecule has 7 heteroatoms. The lowest BCUT2D eigenvalue weighted by molar-refractivity contribution is -0.887. The third-order valence-electron chi connectivity index (χ3n) is 3.72. The van der Waals surface area contributed by atoms with Crippen molar-refractivity contribution in [2.45, 2.75) is 30.3 Å². The molecule has 124 valence electrons. The third-order valence-corrected chi connectivity index (χ3v) is 4.68. The van der Waals surface area contributed by atoms with Gasteiger partial charge in [0, 0.05) is 5.57 Å². The van der Waals surface area contributed by atoms with Gasteiger partial charge in [0.15, 0.2) is 6.04 Å². The summed E-state index contributed by atoms with van der Waals surface area (Å²) in [5.41, 5.74) is 1.36. The predicted molar refractivity (Wildman–Crippen MR) is 89.1 cm³/mol. The van der Waals surface area contributed by atoms with Gasteiger partial charge in [-0.05, 0) is 24.6 Å². The summed E-state index contributed by atoms with van der Waals surface area (Å²) in [7, 11) is 5.51. The molecule has 0 saturated carbocycles. The summed E-state index contributed by atoms with van der Waals surface area (Å²) in [5, 5.41) is 9.93. The van der Waals surface area contributed by atoms with E-state index in [9.17, 15) is 14.7 Å². The Labute approximate surface area is 139 Å². The van der Waals surface area contributed by atoms with Crippen molar-refractivity contribution in [1.29, 1.82) is 0 Å². The van der Waals surface area contributed by atoms with Crippen LogP contribution >= 0.6 is 11.8 Å². The van der Waals surface area contributed by atoms with E-state index in [4.69, 9.17) is 0 Å². The number of aromatic nitrogens is 2. The van der Waals surface area contributed by atoms with Gasteiger partial charge >= 0.3 is 5.97 Å². The summed E-state index contributed by atoms with van der Waals surface area (Å²) in [6.45, 7) is 0. The van der Waals surface area contributed by atoms with Crippen LogP contribution in [-0.4, -0.2) is 57.8 Å². The van der Waals surface area contributed by atoms with Gasteiger partial charge in [-0.2, -0.15) is 0 Å². The van der Waals surface area contributed by atoms with Crippen LogP contribution in [0.25, 0.3) is 0 Å². The Morgan fingerprint density at radius 3 is 2.70 bits per heavy atom. The Balaban J connectivity index is 2.13. The van der Waals surface area contributed by atoms with E-state index in [2.05, 4.69) is 9.97 Å². The van der Waals surface area contributed by atoms with Crippen molar-refractivity contribution in [3.63, 3.8) is 0 Å².